The van der Waals surface area contributed by atoms with Crippen LogP contribution in [0.5, 0.6) is 0 Å². The fourth-order valence-corrected chi connectivity index (χ4v) is 2.87. The predicted molar refractivity (Wildman–Crippen MR) is 78.8 cm³/mol. The summed E-state index contributed by atoms with van der Waals surface area (Å²) in [4.78, 5) is 25.8. The fourth-order valence-electron chi connectivity index (χ4n) is 2.44. The van der Waals surface area contributed by atoms with Crippen LogP contribution in [0.15, 0.2) is 18.2 Å². The number of halogens is 1. The Bertz CT molecular complexity index is 516. The molecule has 0 aliphatic carbocycles. The highest BCUT2D eigenvalue weighted by Crippen LogP contribution is 2.31. The standard InChI is InChI=1S/C14H17BrN2O2/c1-9-4-3-5-11(14(19)16-2)13(9)17-8-10(7-15)6-12(17)18/h3-5,10H,6-8H2,1-2H3,(H,16,19). The van der Waals surface area contributed by atoms with E-state index in [2.05, 4.69) is 21.2 Å². The third kappa shape index (κ3) is 2.66. The van der Waals surface area contributed by atoms with Gasteiger partial charge in [0.15, 0.2) is 0 Å². The van der Waals surface area contributed by atoms with Crippen molar-refractivity contribution in [3.63, 3.8) is 0 Å². The summed E-state index contributed by atoms with van der Waals surface area (Å²) in [6, 6.07) is 5.53. The van der Waals surface area contributed by atoms with E-state index in [1.165, 1.54) is 0 Å². The second kappa shape index (κ2) is 5.74. The molecule has 1 N–H and O–H groups in total. The maximum Gasteiger partial charge on any atom is 0.253 e. The minimum atomic E-state index is -0.159. The van der Waals surface area contributed by atoms with Gasteiger partial charge < -0.3 is 10.2 Å². The highest BCUT2D eigenvalue weighted by molar-refractivity contribution is 9.09. The number of aryl methyl sites for hydroxylation is 1. The summed E-state index contributed by atoms with van der Waals surface area (Å²) < 4.78 is 0. The second-order valence-corrected chi connectivity index (χ2v) is 5.43. The van der Waals surface area contributed by atoms with Crippen LogP contribution >= 0.6 is 15.9 Å². The van der Waals surface area contributed by atoms with Gasteiger partial charge in [0, 0.05) is 25.3 Å². The average molecular weight is 325 g/mol. The molecule has 0 radical (unpaired) electrons. The number of carbonyl (C=O) groups excluding carboxylic acids is 2. The average Bonchev–Trinajstić information content (AvgIpc) is 2.78. The van der Waals surface area contributed by atoms with Gasteiger partial charge in [-0.05, 0) is 24.5 Å². The third-order valence-corrected chi connectivity index (χ3v) is 4.32. The lowest BCUT2D eigenvalue weighted by atomic mass is 10.1. The van der Waals surface area contributed by atoms with Crippen molar-refractivity contribution in [2.75, 3.05) is 23.8 Å². The van der Waals surface area contributed by atoms with Crippen LogP contribution in [0.25, 0.3) is 0 Å². The first-order valence-corrected chi connectivity index (χ1v) is 7.38. The molecule has 102 valence electrons. The maximum absolute atomic E-state index is 12.1. The molecule has 1 aliphatic heterocycles. The Morgan fingerprint density at radius 3 is 2.84 bits per heavy atom. The molecule has 1 aromatic rings. The predicted octanol–water partition coefficient (Wildman–Crippen LogP) is 2.10. The highest BCUT2D eigenvalue weighted by atomic mass is 79.9. The minimum Gasteiger partial charge on any atom is -0.355 e. The first-order valence-electron chi connectivity index (χ1n) is 6.26. The Morgan fingerprint density at radius 1 is 1.53 bits per heavy atom. The summed E-state index contributed by atoms with van der Waals surface area (Å²) in [5, 5.41) is 3.43. The van der Waals surface area contributed by atoms with Crippen molar-refractivity contribution < 1.29 is 9.59 Å². The topological polar surface area (TPSA) is 49.4 Å². The van der Waals surface area contributed by atoms with Crippen molar-refractivity contribution in [2.45, 2.75) is 13.3 Å². The van der Waals surface area contributed by atoms with Crippen LogP contribution in [0, 0.1) is 12.8 Å². The van der Waals surface area contributed by atoms with E-state index in [1.54, 1.807) is 18.0 Å². The summed E-state index contributed by atoms with van der Waals surface area (Å²) in [6.45, 7) is 2.59. The van der Waals surface area contributed by atoms with Crippen molar-refractivity contribution in [2.24, 2.45) is 5.92 Å². The van der Waals surface area contributed by atoms with E-state index in [1.807, 2.05) is 19.1 Å². The molecule has 0 bridgehead atoms. The van der Waals surface area contributed by atoms with Crippen LogP contribution in [0.2, 0.25) is 0 Å². The largest absolute Gasteiger partial charge is 0.355 e. The van der Waals surface area contributed by atoms with Gasteiger partial charge in [0.25, 0.3) is 5.91 Å². The number of nitrogens with zero attached hydrogens (tertiary/aromatic N) is 1. The third-order valence-electron chi connectivity index (χ3n) is 3.40. The lowest BCUT2D eigenvalue weighted by Gasteiger charge is -2.22. The van der Waals surface area contributed by atoms with Gasteiger partial charge in [-0.3, -0.25) is 9.59 Å². The Labute approximate surface area is 121 Å². The van der Waals surface area contributed by atoms with Gasteiger partial charge in [0.2, 0.25) is 5.91 Å². The van der Waals surface area contributed by atoms with Gasteiger partial charge >= 0.3 is 0 Å². The molecule has 2 rings (SSSR count). The highest BCUT2D eigenvalue weighted by Gasteiger charge is 2.32. The van der Waals surface area contributed by atoms with Crippen molar-refractivity contribution >= 4 is 33.4 Å². The van der Waals surface area contributed by atoms with Crippen molar-refractivity contribution in [1.82, 2.24) is 5.32 Å². The Morgan fingerprint density at radius 2 is 2.26 bits per heavy atom. The Kier molecular flexibility index (Phi) is 4.24. The molecule has 1 saturated heterocycles. The van der Waals surface area contributed by atoms with E-state index in [0.29, 0.717) is 24.4 Å². The number of amides is 2. The zero-order chi connectivity index (χ0) is 14.0. The molecule has 5 heteroatoms. The number of hydrogen-bond acceptors (Lipinski definition) is 2. The van der Waals surface area contributed by atoms with E-state index < -0.39 is 0 Å². The van der Waals surface area contributed by atoms with Crippen LogP contribution in [0.1, 0.15) is 22.3 Å². The van der Waals surface area contributed by atoms with Crippen LogP contribution in [-0.2, 0) is 4.79 Å². The second-order valence-electron chi connectivity index (χ2n) is 4.78. The number of hydrogen-bond donors (Lipinski definition) is 1. The molecule has 1 heterocycles. The Balaban J connectivity index is 2.44. The summed E-state index contributed by atoms with van der Waals surface area (Å²) >= 11 is 3.43. The normalized spacial score (nSPS) is 18.8. The Hall–Kier alpha value is -1.36. The number of anilines is 1. The van der Waals surface area contributed by atoms with Gasteiger partial charge in [-0.2, -0.15) is 0 Å². The summed E-state index contributed by atoms with van der Waals surface area (Å²) in [6.07, 6.45) is 0.534. The molecular weight excluding hydrogens is 308 g/mol. The monoisotopic (exact) mass is 324 g/mol. The van der Waals surface area contributed by atoms with Crippen LogP contribution in [-0.4, -0.2) is 30.7 Å². The van der Waals surface area contributed by atoms with Gasteiger partial charge in [-0.25, -0.2) is 0 Å². The zero-order valence-electron chi connectivity index (χ0n) is 11.1. The molecule has 1 atom stereocenters. The fraction of sp³-hybridized carbons (Fsp3) is 0.429. The first-order chi connectivity index (χ1) is 9.08. The van der Waals surface area contributed by atoms with Crippen molar-refractivity contribution in [3.05, 3.63) is 29.3 Å². The van der Waals surface area contributed by atoms with Crippen molar-refractivity contribution in [1.29, 1.82) is 0 Å². The van der Waals surface area contributed by atoms with Gasteiger partial charge in [-0.1, -0.05) is 28.1 Å². The van der Waals surface area contributed by atoms with Gasteiger partial charge in [0.1, 0.15) is 0 Å². The summed E-state index contributed by atoms with van der Waals surface area (Å²) in [5.74, 6) is 0.238. The van der Waals surface area contributed by atoms with E-state index >= 15 is 0 Å². The van der Waals surface area contributed by atoms with Crippen LogP contribution < -0.4 is 10.2 Å². The quantitative estimate of drug-likeness (QED) is 0.866. The molecule has 1 unspecified atom stereocenters. The summed E-state index contributed by atoms with van der Waals surface area (Å²) in [5.41, 5.74) is 2.26. The number of alkyl halides is 1. The van der Waals surface area contributed by atoms with E-state index in [4.69, 9.17) is 0 Å². The minimum absolute atomic E-state index is 0.0869. The van der Waals surface area contributed by atoms with Gasteiger partial charge in [0.05, 0.1) is 11.3 Å². The maximum atomic E-state index is 12.1. The SMILES string of the molecule is CNC(=O)c1cccc(C)c1N1CC(CBr)CC1=O. The number of rotatable bonds is 3. The molecule has 0 spiro atoms. The smallest absolute Gasteiger partial charge is 0.253 e. The van der Waals surface area contributed by atoms with Gasteiger partial charge in [-0.15, -0.1) is 0 Å². The molecule has 19 heavy (non-hydrogen) atoms. The van der Waals surface area contributed by atoms with Crippen molar-refractivity contribution in [3.8, 4) is 0 Å². The van der Waals surface area contributed by atoms with E-state index in [9.17, 15) is 9.59 Å². The number of nitrogens with one attached hydrogen (secondary N) is 1. The lowest BCUT2D eigenvalue weighted by Crippen LogP contribution is -2.29. The molecule has 4 nitrogen and oxygen atoms in total. The van der Waals surface area contributed by atoms with E-state index in [0.717, 1.165) is 16.6 Å². The number of carbonyl (C=O) groups is 2. The van der Waals surface area contributed by atoms with Crippen LogP contribution in [0.4, 0.5) is 5.69 Å². The zero-order valence-corrected chi connectivity index (χ0v) is 12.7. The van der Waals surface area contributed by atoms with Crippen LogP contribution in [0.3, 0.4) is 0 Å². The molecule has 1 aliphatic rings. The molecule has 2 amide bonds. The lowest BCUT2D eigenvalue weighted by molar-refractivity contribution is -0.117. The molecule has 0 aromatic heterocycles. The first kappa shape index (κ1) is 14.1. The summed E-state index contributed by atoms with van der Waals surface area (Å²) in [7, 11) is 1.60. The molecule has 1 fully saturated rings. The number of para-hydroxylation sites is 1. The van der Waals surface area contributed by atoms with E-state index in [-0.39, 0.29) is 11.8 Å². The number of benzene rings is 1. The molecular formula is C14H17BrN2O2. The molecule has 1 aromatic carbocycles. The molecule has 0 saturated carbocycles.